The number of carbonyl (C=O) groups is 1. The summed E-state index contributed by atoms with van der Waals surface area (Å²) in [6, 6.07) is 0. The van der Waals surface area contributed by atoms with Gasteiger partial charge in [-0.05, 0) is 6.92 Å². The Morgan fingerprint density at radius 1 is 1.69 bits per heavy atom. The third-order valence-electron chi connectivity index (χ3n) is 2.20. The molecular formula is C10H15N3OS2. The van der Waals surface area contributed by atoms with Crippen molar-refractivity contribution in [1.82, 2.24) is 10.3 Å². The van der Waals surface area contributed by atoms with Crippen LogP contribution < -0.4 is 11.1 Å². The van der Waals surface area contributed by atoms with E-state index in [1.165, 1.54) is 11.3 Å². The zero-order chi connectivity index (χ0) is 12.3. The van der Waals surface area contributed by atoms with Crippen LogP contribution in [0.1, 0.15) is 28.5 Å². The monoisotopic (exact) mass is 257 g/mol. The van der Waals surface area contributed by atoms with Crippen LogP contribution in [-0.4, -0.2) is 22.4 Å². The van der Waals surface area contributed by atoms with Crippen LogP contribution in [0, 0.1) is 12.3 Å². The van der Waals surface area contributed by atoms with Crippen molar-refractivity contribution in [3.8, 4) is 0 Å². The molecule has 1 aromatic heterocycles. The molecule has 1 aromatic rings. The highest BCUT2D eigenvalue weighted by molar-refractivity contribution is 7.80. The number of amides is 1. The highest BCUT2D eigenvalue weighted by Crippen LogP contribution is 2.15. The highest BCUT2D eigenvalue weighted by Gasteiger charge is 2.22. The van der Waals surface area contributed by atoms with Crippen LogP contribution in [0.5, 0.6) is 0 Å². The van der Waals surface area contributed by atoms with E-state index >= 15 is 0 Å². The molecule has 88 valence electrons. The maximum atomic E-state index is 11.7. The van der Waals surface area contributed by atoms with Crippen LogP contribution in [0.3, 0.4) is 0 Å². The number of thiocarbonyl (C=S) groups is 1. The molecule has 0 fully saturated rings. The van der Waals surface area contributed by atoms with E-state index in [1.807, 2.05) is 20.8 Å². The Morgan fingerprint density at radius 2 is 2.31 bits per heavy atom. The van der Waals surface area contributed by atoms with Gasteiger partial charge in [-0.1, -0.05) is 26.1 Å². The van der Waals surface area contributed by atoms with Crippen LogP contribution in [0.4, 0.5) is 0 Å². The highest BCUT2D eigenvalue weighted by atomic mass is 32.1. The second-order valence-corrected chi connectivity index (χ2v) is 5.85. The lowest BCUT2D eigenvalue weighted by atomic mass is 9.94. The van der Waals surface area contributed by atoms with E-state index in [0.717, 1.165) is 5.01 Å². The van der Waals surface area contributed by atoms with E-state index < -0.39 is 0 Å². The number of aromatic nitrogens is 1. The van der Waals surface area contributed by atoms with Crippen molar-refractivity contribution in [2.24, 2.45) is 11.1 Å². The summed E-state index contributed by atoms with van der Waals surface area (Å²) in [4.78, 5) is 16.7. The number of nitrogens with zero attached hydrogens (tertiary/aromatic N) is 1. The minimum atomic E-state index is -0.370. The zero-order valence-corrected chi connectivity index (χ0v) is 11.2. The first-order valence-corrected chi connectivity index (χ1v) is 6.06. The summed E-state index contributed by atoms with van der Waals surface area (Å²) in [5.41, 5.74) is 5.20. The Bertz CT molecular complexity index is 412. The van der Waals surface area contributed by atoms with Crippen molar-refractivity contribution in [3.63, 3.8) is 0 Å². The summed E-state index contributed by atoms with van der Waals surface area (Å²) in [5.74, 6) is -0.130. The first-order chi connectivity index (χ1) is 7.33. The lowest BCUT2D eigenvalue weighted by Crippen LogP contribution is -2.41. The van der Waals surface area contributed by atoms with Gasteiger partial charge in [0.2, 0.25) is 0 Å². The van der Waals surface area contributed by atoms with Crippen molar-refractivity contribution >= 4 is 34.5 Å². The molecule has 1 heterocycles. The molecule has 0 unspecified atom stereocenters. The Morgan fingerprint density at radius 3 is 2.75 bits per heavy atom. The van der Waals surface area contributed by atoms with Gasteiger partial charge in [0, 0.05) is 12.0 Å². The standard InChI is InChI=1S/C10H15N3OS2/c1-6-12-4-7(16-6)8(14)13-5-10(2,3)9(11)15/h4H,5H2,1-3H3,(H2,11,15)(H,13,14). The number of carbonyl (C=O) groups excluding carboxylic acids is 1. The molecule has 3 N–H and O–H groups in total. The average molecular weight is 257 g/mol. The normalized spacial score (nSPS) is 11.2. The molecule has 1 rings (SSSR count). The Hall–Kier alpha value is -1.01. The molecule has 0 spiro atoms. The van der Waals surface area contributed by atoms with Gasteiger partial charge in [-0.25, -0.2) is 4.98 Å². The third-order valence-corrected chi connectivity index (χ3v) is 3.67. The molecule has 1 amide bonds. The van der Waals surface area contributed by atoms with Crippen LogP contribution in [-0.2, 0) is 0 Å². The minimum absolute atomic E-state index is 0.130. The van der Waals surface area contributed by atoms with Crippen molar-refractivity contribution in [2.75, 3.05) is 6.54 Å². The largest absolute Gasteiger partial charge is 0.393 e. The zero-order valence-electron chi connectivity index (χ0n) is 9.53. The molecule has 0 atom stereocenters. The van der Waals surface area contributed by atoms with Crippen LogP contribution in [0.25, 0.3) is 0 Å². The van der Waals surface area contributed by atoms with E-state index in [1.54, 1.807) is 6.20 Å². The predicted molar refractivity (Wildman–Crippen MR) is 69.8 cm³/mol. The maximum Gasteiger partial charge on any atom is 0.263 e. The molecule has 4 nitrogen and oxygen atoms in total. The maximum absolute atomic E-state index is 11.7. The van der Waals surface area contributed by atoms with Crippen molar-refractivity contribution in [1.29, 1.82) is 0 Å². The van der Waals surface area contributed by atoms with E-state index in [-0.39, 0.29) is 11.3 Å². The Balaban J connectivity index is 2.57. The summed E-state index contributed by atoms with van der Waals surface area (Å²) in [5, 5.41) is 3.67. The van der Waals surface area contributed by atoms with Gasteiger partial charge in [-0.15, -0.1) is 11.3 Å². The number of hydrogen-bond acceptors (Lipinski definition) is 4. The van der Waals surface area contributed by atoms with Gasteiger partial charge in [0.15, 0.2) is 0 Å². The first kappa shape index (κ1) is 13.1. The number of nitrogens with one attached hydrogen (secondary N) is 1. The van der Waals surface area contributed by atoms with Gasteiger partial charge in [-0.3, -0.25) is 4.79 Å². The van der Waals surface area contributed by atoms with Crippen molar-refractivity contribution in [3.05, 3.63) is 16.1 Å². The van der Waals surface area contributed by atoms with Gasteiger partial charge in [0.05, 0.1) is 16.2 Å². The SMILES string of the molecule is Cc1ncc(C(=O)NCC(C)(C)C(N)=S)s1. The summed E-state index contributed by atoms with van der Waals surface area (Å²) >= 11 is 6.29. The summed E-state index contributed by atoms with van der Waals surface area (Å²) in [6.07, 6.45) is 1.57. The molecule has 0 aliphatic rings. The third kappa shape index (κ3) is 3.24. The Labute approximate surface area is 104 Å². The fourth-order valence-electron chi connectivity index (χ4n) is 0.942. The summed E-state index contributed by atoms with van der Waals surface area (Å²) in [7, 11) is 0. The van der Waals surface area contributed by atoms with Crippen molar-refractivity contribution < 1.29 is 4.79 Å². The van der Waals surface area contributed by atoms with Crippen LogP contribution in [0.15, 0.2) is 6.20 Å². The number of nitrogens with two attached hydrogens (primary N) is 1. The lowest BCUT2D eigenvalue weighted by Gasteiger charge is -2.22. The van der Waals surface area contributed by atoms with E-state index in [2.05, 4.69) is 10.3 Å². The molecule has 0 radical (unpaired) electrons. The van der Waals surface area contributed by atoms with Gasteiger partial charge in [-0.2, -0.15) is 0 Å². The van der Waals surface area contributed by atoms with Crippen LogP contribution >= 0.6 is 23.6 Å². The van der Waals surface area contributed by atoms with E-state index in [9.17, 15) is 4.79 Å². The van der Waals surface area contributed by atoms with Crippen LogP contribution in [0.2, 0.25) is 0 Å². The van der Waals surface area contributed by atoms with Crippen molar-refractivity contribution in [2.45, 2.75) is 20.8 Å². The predicted octanol–water partition coefficient (Wildman–Crippen LogP) is 1.49. The summed E-state index contributed by atoms with van der Waals surface area (Å²) in [6.45, 7) is 6.08. The number of rotatable bonds is 4. The molecule has 0 saturated carbocycles. The molecule has 0 saturated heterocycles. The van der Waals surface area contributed by atoms with Gasteiger partial charge in [0.25, 0.3) is 5.91 Å². The van der Waals surface area contributed by atoms with E-state index in [0.29, 0.717) is 16.4 Å². The molecule has 0 aliphatic carbocycles. The second kappa shape index (κ2) is 4.88. The number of aryl methyl sites for hydroxylation is 1. The second-order valence-electron chi connectivity index (χ2n) is 4.17. The number of thiazole rings is 1. The molecule has 0 bridgehead atoms. The smallest absolute Gasteiger partial charge is 0.263 e. The quantitative estimate of drug-likeness (QED) is 0.802. The Kier molecular flexibility index (Phi) is 3.98. The van der Waals surface area contributed by atoms with Gasteiger partial charge in [0.1, 0.15) is 4.88 Å². The summed E-state index contributed by atoms with van der Waals surface area (Å²) < 4.78 is 0. The molecule has 6 heteroatoms. The molecule has 0 aromatic carbocycles. The lowest BCUT2D eigenvalue weighted by molar-refractivity contribution is 0.0949. The molecule has 16 heavy (non-hydrogen) atoms. The fourth-order valence-corrected chi connectivity index (χ4v) is 1.71. The first-order valence-electron chi connectivity index (χ1n) is 4.83. The molecular weight excluding hydrogens is 242 g/mol. The van der Waals surface area contributed by atoms with Gasteiger partial charge < -0.3 is 11.1 Å². The average Bonchev–Trinajstić information content (AvgIpc) is 2.61. The topological polar surface area (TPSA) is 68.0 Å². The number of hydrogen-bond donors (Lipinski definition) is 2. The van der Waals surface area contributed by atoms with Gasteiger partial charge >= 0.3 is 0 Å². The minimum Gasteiger partial charge on any atom is -0.393 e. The fraction of sp³-hybridized carbons (Fsp3) is 0.500. The van der Waals surface area contributed by atoms with E-state index in [4.69, 9.17) is 18.0 Å². The molecule has 0 aliphatic heterocycles.